The average Bonchev–Trinajstić information content (AvgIpc) is 2.54. The molecular formula is C18H33NO3Si. The molecule has 1 aromatic rings. The summed E-state index contributed by atoms with van der Waals surface area (Å²) in [5, 5.41) is 0. The van der Waals surface area contributed by atoms with Crippen molar-refractivity contribution in [3.63, 3.8) is 0 Å². The van der Waals surface area contributed by atoms with Crippen molar-refractivity contribution < 1.29 is 13.3 Å². The molecule has 0 N–H and O–H groups in total. The van der Waals surface area contributed by atoms with E-state index < -0.39 is 8.80 Å². The van der Waals surface area contributed by atoms with Crippen molar-refractivity contribution in [1.82, 2.24) is 4.90 Å². The maximum Gasteiger partial charge on any atom is 0.500 e. The van der Waals surface area contributed by atoms with Gasteiger partial charge >= 0.3 is 8.80 Å². The highest BCUT2D eigenvalue weighted by Crippen LogP contribution is 2.21. The highest BCUT2D eigenvalue weighted by Gasteiger charge is 2.40. The fourth-order valence-corrected chi connectivity index (χ4v) is 5.41. The molecule has 0 radical (unpaired) electrons. The van der Waals surface area contributed by atoms with Crippen LogP contribution in [-0.4, -0.2) is 46.6 Å². The lowest BCUT2D eigenvalue weighted by Gasteiger charge is -2.31. The maximum absolute atomic E-state index is 5.93. The third kappa shape index (κ3) is 7.14. The normalized spacial score (nSPS) is 13.5. The standard InChI is InChI=1S/C18H33NO3Si/c1-6-20-23(21-7-2,22-8-3)15-14-17(4)19(5)16-18-12-10-9-11-13-18/h9-13,17H,6-8,14-16H2,1-5H3. The molecule has 1 aromatic carbocycles. The predicted octanol–water partition coefficient (Wildman–Crippen LogP) is 3.95. The second-order valence-electron chi connectivity index (χ2n) is 5.77. The lowest BCUT2D eigenvalue weighted by Crippen LogP contribution is -2.47. The van der Waals surface area contributed by atoms with Crippen LogP contribution in [0.5, 0.6) is 0 Å². The number of rotatable bonds is 12. The first-order valence-corrected chi connectivity index (χ1v) is 10.7. The highest BCUT2D eigenvalue weighted by atomic mass is 28.4. The minimum absolute atomic E-state index is 0.448. The van der Waals surface area contributed by atoms with Crippen molar-refractivity contribution in [3.8, 4) is 0 Å². The van der Waals surface area contributed by atoms with E-state index in [0.29, 0.717) is 25.9 Å². The molecule has 0 heterocycles. The Bertz CT molecular complexity index is 399. The van der Waals surface area contributed by atoms with Crippen LogP contribution < -0.4 is 0 Å². The summed E-state index contributed by atoms with van der Waals surface area (Å²) in [5.41, 5.74) is 1.34. The van der Waals surface area contributed by atoms with Crippen LogP contribution in [0.2, 0.25) is 6.04 Å². The molecule has 1 atom stereocenters. The van der Waals surface area contributed by atoms with Gasteiger partial charge in [0.2, 0.25) is 0 Å². The zero-order chi connectivity index (χ0) is 17.1. The molecule has 0 amide bonds. The van der Waals surface area contributed by atoms with Crippen LogP contribution in [0.25, 0.3) is 0 Å². The smallest absolute Gasteiger partial charge is 0.374 e. The third-order valence-corrected chi connectivity index (χ3v) is 7.07. The quantitative estimate of drug-likeness (QED) is 0.540. The zero-order valence-corrected chi connectivity index (χ0v) is 16.4. The minimum atomic E-state index is -2.52. The fraction of sp³-hybridized carbons (Fsp3) is 0.667. The molecule has 1 unspecified atom stereocenters. The van der Waals surface area contributed by atoms with Crippen LogP contribution in [0.1, 0.15) is 39.7 Å². The van der Waals surface area contributed by atoms with Gasteiger partial charge in [-0.1, -0.05) is 30.3 Å². The van der Waals surface area contributed by atoms with Crippen LogP contribution in [0, 0.1) is 0 Å². The Morgan fingerprint density at radius 2 is 1.48 bits per heavy atom. The Morgan fingerprint density at radius 1 is 0.957 bits per heavy atom. The molecule has 0 saturated heterocycles. The van der Waals surface area contributed by atoms with E-state index in [1.165, 1.54) is 5.56 Å². The minimum Gasteiger partial charge on any atom is -0.374 e. The molecule has 0 saturated carbocycles. The molecule has 0 aliphatic rings. The molecule has 23 heavy (non-hydrogen) atoms. The molecule has 4 nitrogen and oxygen atoms in total. The Hall–Kier alpha value is -0.723. The topological polar surface area (TPSA) is 30.9 Å². The molecule has 0 bridgehead atoms. The molecule has 132 valence electrons. The summed E-state index contributed by atoms with van der Waals surface area (Å²) in [7, 11) is -0.353. The van der Waals surface area contributed by atoms with Crippen molar-refractivity contribution in [2.75, 3.05) is 26.9 Å². The van der Waals surface area contributed by atoms with E-state index in [9.17, 15) is 0 Å². The van der Waals surface area contributed by atoms with Gasteiger partial charge in [0, 0.05) is 38.5 Å². The van der Waals surface area contributed by atoms with Crippen LogP contribution in [0.3, 0.4) is 0 Å². The number of hydrogen-bond donors (Lipinski definition) is 0. The van der Waals surface area contributed by atoms with E-state index >= 15 is 0 Å². The van der Waals surface area contributed by atoms with Gasteiger partial charge in [-0.15, -0.1) is 0 Å². The maximum atomic E-state index is 5.93. The van der Waals surface area contributed by atoms with E-state index in [1.54, 1.807) is 0 Å². The van der Waals surface area contributed by atoms with Gasteiger partial charge in [0.1, 0.15) is 0 Å². The lowest BCUT2D eigenvalue weighted by molar-refractivity contribution is 0.0685. The zero-order valence-electron chi connectivity index (χ0n) is 15.4. The molecule has 5 heteroatoms. The summed E-state index contributed by atoms with van der Waals surface area (Å²) in [5.74, 6) is 0. The van der Waals surface area contributed by atoms with Crippen LogP contribution in [0.4, 0.5) is 0 Å². The molecule has 0 aromatic heterocycles. The summed E-state index contributed by atoms with van der Waals surface area (Å²) in [6.45, 7) is 11.1. The van der Waals surface area contributed by atoms with E-state index in [4.69, 9.17) is 13.3 Å². The number of nitrogens with zero attached hydrogens (tertiary/aromatic N) is 1. The molecule has 0 spiro atoms. The Kier molecular flexibility index (Phi) is 9.67. The summed E-state index contributed by atoms with van der Waals surface area (Å²) in [6, 6.07) is 11.9. The van der Waals surface area contributed by atoms with Gasteiger partial charge in [0.25, 0.3) is 0 Å². The summed E-state index contributed by atoms with van der Waals surface area (Å²) in [4.78, 5) is 2.37. The van der Waals surface area contributed by atoms with Crippen molar-refractivity contribution in [2.45, 2.75) is 52.7 Å². The van der Waals surface area contributed by atoms with Gasteiger partial charge in [0.05, 0.1) is 0 Å². The van der Waals surface area contributed by atoms with E-state index in [2.05, 4.69) is 49.2 Å². The average molecular weight is 340 g/mol. The third-order valence-electron chi connectivity index (χ3n) is 3.99. The van der Waals surface area contributed by atoms with Gasteiger partial charge in [-0.25, -0.2) is 0 Å². The molecule has 0 aliphatic heterocycles. The fourth-order valence-electron chi connectivity index (χ4n) is 2.63. The molecule has 1 rings (SSSR count). The van der Waals surface area contributed by atoms with Gasteiger partial charge < -0.3 is 13.3 Å². The molecular weight excluding hydrogens is 306 g/mol. The van der Waals surface area contributed by atoms with E-state index in [-0.39, 0.29) is 0 Å². The van der Waals surface area contributed by atoms with Gasteiger partial charge in [-0.2, -0.15) is 0 Å². The van der Waals surface area contributed by atoms with Gasteiger partial charge in [-0.3, -0.25) is 4.90 Å². The monoisotopic (exact) mass is 339 g/mol. The first-order chi connectivity index (χ1) is 11.1. The Labute approximate surface area is 143 Å². The summed E-state index contributed by atoms with van der Waals surface area (Å²) >= 11 is 0. The van der Waals surface area contributed by atoms with Crippen LogP contribution in [0.15, 0.2) is 30.3 Å². The largest absolute Gasteiger partial charge is 0.500 e. The second kappa shape index (κ2) is 10.9. The van der Waals surface area contributed by atoms with Gasteiger partial charge in [0.15, 0.2) is 0 Å². The predicted molar refractivity (Wildman–Crippen MR) is 97.4 cm³/mol. The highest BCUT2D eigenvalue weighted by molar-refractivity contribution is 6.60. The summed E-state index contributed by atoms with van der Waals surface area (Å²) < 4.78 is 17.8. The second-order valence-corrected chi connectivity index (χ2v) is 8.50. The molecule has 0 aliphatic carbocycles. The van der Waals surface area contributed by atoms with Crippen molar-refractivity contribution in [3.05, 3.63) is 35.9 Å². The molecule has 0 fully saturated rings. The van der Waals surface area contributed by atoms with Crippen LogP contribution in [-0.2, 0) is 19.8 Å². The Morgan fingerprint density at radius 3 is 1.96 bits per heavy atom. The van der Waals surface area contributed by atoms with Crippen molar-refractivity contribution in [2.24, 2.45) is 0 Å². The van der Waals surface area contributed by atoms with Crippen molar-refractivity contribution in [1.29, 1.82) is 0 Å². The lowest BCUT2D eigenvalue weighted by atomic mass is 10.1. The SMILES string of the molecule is CCO[Si](CCC(C)N(C)Cc1ccccc1)(OCC)OCC. The first-order valence-electron chi connectivity index (χ1n) is 8.72. The van der Waals surface area contributed by atoms with E-state index in [1.807, 2.05) is 20.8 Å². The first kappa shape index (κ1) is 20.3. The van der Waals surface area contributed by atoms with Gasteiger partial charge in [-0.05, 0) is 46.7 Å². The van der Waals surface area contributed by atoms with Crippen LogP contribution >= 0.6 is 0 Å². The Balaban J connectivity index is 2.57. The number of benzene rings is 1. The van der Waals surface area contributed by atoms with Crippen molar-refractivity contribution >= 4 is 8.80 Å². The number of hydrogen-bond acceptors (Lipinski definition) is 4. The summed E-state index contributed by atoms with van der Waals surface area (Å²) in [6.07, 6.45) is 1.01. The van der Waals surface area contributed by atoms with E-state index in [0.717, 1.165) is 19.0 Å².